The Labute approximate surface area is 75.3 Å². The minimum absolute atomic E-state index is 1.07. The molecule has 0 radical (unpaired) electrons. The number of nitrogens with zero attached hydrogens (tertiary/aromatic N) is 1. The van der Waals surface area contributed by atoms with Crippen molar-refractivity contribution in [3.05, 3.63) is 0 Å². The van der Waals surface area contributed by atoms with Crippen LogP contribution in [0.1, 0.15) is 38.5 Å². The van der Waals surface area contributed by atoms with E-state index in [-0.39, 0.29) is 0 Å². The van der Waals surface area contributed by atoms with E-state index in [0.29, 0.717) is 0 Å². The van der Waals surface area contributed by atoms with Crippen molar-refractivity contribution in [1.82, 2.24) is 10.4 Å². The predicted octanol–water partition coefficient (Wildman–Crippen LogP) is 1.78. The second-order valence-electron chi connectivity index (χ2n) is 4.19. The average Bonchev–Trinajstić information content (AvgIpc) is 2.90. The van der Waals surface area contributed by atoms with Crippen LogP contribution in [0.5, 0.6) is 0 Å². The van der Waals surface area contributed by atoms with Crippen LogP contribution >= 0.6 is 0 Å². The fourth-order valence-electron chi connectivity index (χ4n) is 1.89. The van der Waals surface area contributed by atoms with E-state index in [0.717, 1.165) is 5.92 Å². The molecule has 0 amide bonds. The van der Waals surface area contributed by atoms with Gasteiger partial charge in [-0.05, 0) is 25.2 Å². The molecular weight excluding hydrogens is 148 g/mol. The van der Waals surface area contributed by atoms with Gasteiger partial charge < -0.3 is 0 Å². The number of hydrogen-bond donors (Lipinski definition) is 1. The van der Waals surface area contributed by atoms with Crippen LogP contribution in [0.25, 0.3) is 0 Å². The van der Waals surface area contributed by atoms with Crippen molar-refractivity contribution in [2.24, 2.45) is 5.92 Å². The summed E-state index contributed by atoms with van der Waals surface area (Å²) in [5.41, 5.74) is 3.53. The van der Waals surface area contributed by atoms with Crippen molar-refractivity contribution in [3.63, 3.8) is 0 Å². The molecule has 0 unspecified atom stereocenters. The number of piperidine rings is 1. The third-order valence-corrected chi connectivity index (χ3v) is 2.94. The first-order chi connectivity index (χ1) is 5.95. The van der Waals surface area contributed by atoms with E-state index in [1.807, 2.05) is 0 Å². The van der Waals surface area contributed by atoms with E-state index in [1.165, 1.54) is 58.2 Å². The molecule has 1 N–H and O–H groups in total. The fraction of sp³-hybridized carbons (Fsp3) is 1.00. The molecule has 2 rings (SSSR count). The van der Waals surface area contributed by atoms with Gasteiger partial charge >= 0.3 is 0 Å². The molecule has 1 saturated heterocycles. The molecule has 1 aliphatic carbocycles. The summed E-state index contributed by atoms with van der Waals surface area (Å²) in [6.45, 7) is 3.75. The number of hydrazine groups is 1. The Morgan fingerprint density at radius 1 is 1.08 bits per heavy atom. The first-order valence-corrected chi connectivity index (χ1v) is 5.43. The standard InChI is InChI=1S/C10H20N2/c1-2-8-12(9-3-1)11-7-6-10-4-5-10/h10-11H,1-9H2. The quantitative estimate of drug-likeness (QED) is 0.688. The molecule has 0 aromatic rings. The summed E-state index contributed by atoms with van der Waals surface area (Å²) in [4.78, 5) is 0. The minimum atomic E-state index is 1.07. The first-order valence-electron chi connectivity index (χ1n) is 5.43. The molecular formula is C10H20N2. The Balaban J connectivity index is 1.52. The lowest BCUT2D eigenvalue weighted by molar-refractivity contribution is 0.153. The van der Waals surface area contributed by atoms with Crippen LogP contribution in [0, 0.1) is 5.92 Å². The summed E-state index contributed by atoms with van der Waals surface area (Å²) in [6.07, 6.45) is 8.58. The third kappa shape index (κ3) is 2.76. The van der Waals surface area contributed by atoms with Gasteiger partial charge in [-0.15, -0.1) is 0 Å². The van der Waals surface area contributed by atoms with Gasteiger partial charge in [0.2, 0.25) is 0 Å². The lowest BCUT2D eigenvalue weighted by Gasteiger charge is -2.27. The Hall–Kier alpha value is -0.0800. The lowest BCUT2D eigenvalue weighted by atomic mass is 10.2. The smallest absolute Gasteiger partial charge is 0.0131 e. The molecule has 0 bridgehead atoms. The van der Waals surface area contributed by atoms with Gasteiger partial charge in [0.1, 0.15) is 0 Å². The highest BCUT2D eigenvalue weighted by atomic mass is 15.5. The third-order valence-electron chi connectivity index (χ3n) is 2.94. The van der Waals surface area contributed by atoms with Crippen molar-refractivity contribution >= 4 is 0 Å². The van der Waals surface area contributed by atoms with Crippen molar-refractivity contribution in [1.29, 1.82) is 0 Å². The van der Waals surface area contributed by atoms with Gasteiger partial charge in [0.15, 0.2) is 0 Å². The summed E-state index contributed by atoms with van der Waals surface area (Å²) in [5, 5.41) is 2.41. The Bertz CT molecular complexity index is 126. The van der Waals surface area contributed by atoms with Crippen LogP contribution < -0.4 is 5.43 Å². The van der Waals surface area contributed by atoms with Crippen LogP contribution in [0.2, 0.25) is 0 Å². The van der Waals surface area contributed by atoms with Gasteiger partial charge in [-0.1, -0.05) is 19.3 Å². The van der Waals surface area contributed by atoms with Gasteiger partial charge in [0, 0.05) is 19.6 Å². The summed E-state index contributed by atoms with van der Waals surface area (Å²) < 4.78 is 0. The zero-order chi connectivity index (χ0) is 8.23. The molecule has 12 heavy (non-hydrogen) atoms. The monoisotopic (exact) mass is 168 g/mol. The second-order valence-corrected chi connectivity index (χ2v) is 4.19. The molecule has 1 saturated carbocycles. The van der Waals surface area contributed by atoms with E-state index in [2.05, 4.69) is 10.4 Å². The van der Waals surface area contributed by atoms with E-state index < -0.39 is 0 Å². The Morgan fingerprint density at radius 2 is 1.83 bits per heavy atom. The van der Waals surface area contributed by atoms with Crippen molar-refractivity contribution < 1.29 is 0 Å². The summed E-state index contributed by atoms with van der Waals surface area (Å²) in [7, 11) is 0. The molecule has 2 aliphatic rings. The van der Waals surface area contributed by atoms with Crippen molar-refractivity contribution in [2.45, 2.75) is 38.5 Å². The molecule has 2 nitrogen and oxygen atoms in total. The van der Waals surface area contributed by atoms with Crippen LogP contribution in [-0.2, 0) is 0 Å². The maximum Gasteiger partial charge on any atom is 0.0131 e. The summed E-state index contributed by atoms with van der Waals surface area (Å²) in [5.74, 6) is 1.07. The van der Waals surface area contributed by atoms with Gasteiger partial charge in [0.25, 0.3) is 0 Å². The first kappa shape index (κ1) is 8.52. The maximum absolute atomic E-state index is 3.53. The molecule has 2 heteroatoms. The Morgan fingerprint density at radius 3 is 2.50 bits per heavy atom. The van der Waals surface area contributed by atoms with Crippen LogP contribution in [0.4, 0.5) is 0 Å². The highest BCUT2D eigenvalue weighted by Gasteiger charge is 2.20. The predicted molar refractivity (Wildman–Crippen MR) is 50.8 cm³/mol. The van der Waals surface area contributed by atoms with Crippen LogP contribution in [0.3, 0.4) is 0 Å². The zero-order valence-electron chi connectivity index (χ0n) is 7.89. The normalized spacial score (nSPS) is 26.0. The topological polar surface area (TPSA) is 15.3 Å². The minimum Gasteiger partial charge on any atom is -0.255 e. The van der Waals surface area contributed by atoms with Crippen LogP contribution in [0.15, 0.2) is 0 Å². The summed E-state index contributed by atoms with van der Waals surface area (Å²) in [6, 6.07) is 0. The highest BCUT2D eigenvalue weighted by molar-refractivity contribution is 4.73. The molecule has 0 atom stereocenters. The van der Waals surface area contributed by atoms with E-state index in [1.54, 1.807) is 0 Å². The number of nitrogens with one attached hydrogen (secondary N) is 1. The van der Waals surface area contributed by atoms with E-state index in [9.17, 15) is 0 Å². The van der Waals surface area contributed by atoms with Gasteiger partial charge in [-0.25, -0.2) is 5.01 Å². The van der Waals surface area contributed by atoms with Crippen molar-refractivity contribution in [2.75, 3.05) is 19.6 Å². The van der Waals surface area contributed by atoms with E-state index >= 15 is 0 Å². The SMILES string of the molecule is C1CCN(NCCC2CC2)CC1. The molecule has 1 aliphatic heterocycles. The maximum atomic E-state index is 3.53. The fourth-order valence-corrected chi connectivity index (χ4v) is 1.89. The largest absolute Gasteiger partial charge is 0.255 e. The highest BCUT2D eigenvalue weighted by Crippen LogP contribution is 2.31. The second kappa shape index (κ2) is 4.24. The number of hydrogen-bond acceptors (Lipinski definition) is 2. The van der Waals surface area contributed by atoms with Crippen molar-refractivity contribution in [3.8, 4) is 0 Å². The molecule has 1 heterocycles. The van der Waals surface area contributed by atoms with E-state index in [4.69, 9.17) is 0 Å². The molecule has 0 aromatic heterocycles. The van der Waals surface area contributed by atoms with Gasteiger partial charge in [-0.2, -0.15) is 0 Å². The number of rotatable bonds is 4. The molecule has 70 valence electrons. The Kier molecular flexibility index (Phi) is 3.01. The average molecular weight is 168 g/mol. The lowest BCUT2D eigenvalue weighted by Crippen LogP contribution is -2.42. The molecule has 0 spiro atoms. The molecule has 0 aromatic carbocycles. The van der Waals surface area contributed by atoms with Gasteiger partial charge in [0.05, 0.1) is 0 Å². The van der Waals surface area contributed by atoms with Gasteiger partial charge in [-0.3, -0.25) is 5.43 Å². The summed E-state index contributed by atoms with van der Waals surface area (Å²) >= 11 is 0. The molecule has 2 fully saturated rings. The van der Waals surface area contributed by atoms with Crippen LogP contribution in [-0.4, -0.2) is 24.6 Å². The zero-order valence-corrected chi connectivity index (χ0v) is 7.89.